The summed E-state index contributed by atoms with van der Waals surface area (Å²) in [7, 11) is 0. The van der Waals surface area contributed by atoms with Crippen LogP contribution >= 0.6 is 0 Å². The fraction of sp³-hybridized carbons (Fsp3) is 0.381. The average Bonchev–Trinajstić information content (AvgIpc) is 3.19. The summed E-state index contributed by atoms with van der Waals surface area (Å²) in [6, 6.07) is 9.31. The summed E-state index contributed by atoms with van der Waals surface area (Å²) in [4.78, 5) is 25.7. The Kier molecular flexibility index (Phi) is 6.86. The molecule has 166 valence electrons. The molecule has 1 aliphatic rings. The van der Waals surface area contributed by atoms with Gasteiger partial charge in [-0.25, -0.2) is 0 Å². The summed E-state index contributed by atoms with van der Waals surface area (Å²) < 4.78 is 5.50. The smallest absolute Gasteiger partial charge is 0.312 e. The summed E-state index contributed by atoms with van der Waals surface area (Å²) in [6.07, 6.45) is 2.08. The molecule has 0 spiro atoms. The zero-order valence-corrected chi connectivity index (χ0v) is 17.0. The van der Waals surface area contributed by atoms with Gasteiger partial charge in [0.1, 0.15) is 5.75 Å². The van der Waals surface area contributed by atoms with Crippen molar-refractivity contribution < 1.29 is 29.8 Å². The average molecular weight is 431 g/mol. The molecule has 2 aromatic rings. The first kappa shape index (κ1) is 22.6. The highest BCUT2D eigenvalue weighted by atomic mass is 16.7. The Bertz CT molecular complexity index is 958. The van der Waals surface area contributed by atoms with Crippen LogP contribution in [0.2, 0.25) is 0 Å². The SMILES string of the molecule is CCN1CCCC1CNC(=O)c1ccc(Oc2cccc(C(O)(O)O)c2)c([N+](=O)[O-])c1. The molecule has 0 aliphatic carbocycles. The van der Waals surface area contributed by atoms with Crippen molar-refractivity contribution in [1.82, 2.24) is 10.2 Å². The van der Waals surface area contributed by atoms with Gasteiger partial charge in [0.05, 0.1) is 4.92 Å². The molecule has 1 fully saturated rings. The molecule has 3 rings (SSSR count). The third-order valence-corrected chi connectivity index (χ3v) is 5.27. The van der Waals surface area contributed by atoms with Crippen LogP contribution in [0.1, 0.15) is 35.7 Å². The lowest BCUT2D eigenvalue weighted by Gasteiger charge is -2.22. The number of likely N-dealkylation sites (tertiary alicyclic amines) is 1. The van der Waals surface area contributed by atoms with Gasteiger partial charge >= 0.3 is 11.7 Å². The van der Waals surface area contributed by atoms with E-state index in [1.165, 1.54) is 30.3 Å². The maximum atomic E-state index is 12.5. The highest BCUT2D eigenvalue weighted by molar-refractivity contribution is 5.95. The maximum absolute atomic E-state index is 12.5. The number of rotatable bonds is 8. The molecule has 0 radical (unpaired) electrons. The van der Waals surface area contributed by atoms with Crippen LogP contribution < -0.4 is 10.1 Å². The van der Waals surface area contributed by atoms with Gasteiger partial charge in [0, 0.05) is 29.8 Å². The number of likely N-dealkylation sites (N-methyl/N-ethyl adjacent to an activating group) is 1. The second kappa shape index (κ2) is 9.40. The minimum atomic E-state index is -3.07. The minimum Gasteiger partial charge on any atom is -0.450 e. The number of nitrogens with one attached hydrogen (secondary N) is 1. The predicted octanol–water partition coefficient (Wildman–Crippen LogP) is 1.69. The summed E-state index contributed by atoms with van der Waals surface area (Å²) >= 11 is 0. The lowest BCUT2D eigenvalue weighted by Crippen LogP contribution is -2.40. The van der Waals surface area contributed by atoms with E-state index in [0.29, 0.717) is 6.54 Å². The van der Waals surface area contributed by atoms with Gasteiger partial charge in [0.15, 0.2) is 0 Å². The van der Waals surface area contributed by atoms with Crippen LogP contribution in [-0.4, -0.2) is 56.7 Å². The first-order valence-electron chi connectivity index (χ1n) is 9.95. The Morgan fingerprint density at radius 3 is 2.74 bits per heavy atom. The van der Waals surface area contributed by atoms with Crippen molar-refractivity contribution in [3.8, 4) is 11.5 Å². The van der Waals surface area contributed by atoms with Gasteiger partial charge < -0.3 is 25.4 Å². The lowest BCUT2D eigenvalue weighted by molar-refractivity contribution is -0.385. The number of hydrogen-bond donors (Lipinski definition) is 4. The number of nitrogens with zero attached hydrogens (tertiary/aromatic N) is 2. The summed E-state index contributed by atoms with van der Waals surface area (Å²) in [6.45, 7) is 4.44. The number of ether oxygens (including phenoxy) is 1. The Balaban J connectivity index is 1.75. The second-order valence-electron chi connectivity index (χ2n) is 7.34. The number of benzene rings is 2. The molecule has 0 saturated carbocycles. The first-order chi connectivity index (χ1) is 14.7. The zero-order valence-electron chi connectivity index (χ0n) is 17.0. The van der Waals surface area contributed by atoms with Crippen LogP contribution in [0.15, 0.2) is 42.5 Å². The Labute approximate surface area is 178 Å². The molecule has 1 aliphatic heterocycles. The number of carbonyl (C=O) groups is 1. The van der Waals surface area contributed by atoms with Crippen LogP contribution in [0.3, 0.4) is 0 Å². The molecule has 1 saturated heterocycles. The highest BCUT2D eigenvalue weighted by Gasteiger charge is 2.25. The molecule has 4 N–H and O–H groups in total. The quantitative estimate of drug-likeness (QED) is 0.281. The van der Waals surface area contributed by atoms with Crippen LogP contribution in [-0.2, 0) is 5.97 Å². The van der Waals surface area contributed by atoms with Crippen molar-refractivity contribution >= 4 is 11.6 Å². The number of hydrogen-bond acceptors (Lipinski definition) is 8. The van der Waals surface area contributed by atoms with E-state index in [2.05, 4.69) is 17.1 Å². The largest absolute Gasteiger partial charge is 0.450 e. The monoisotopic (exact) mass is 431 g/mol. The summed E-state index contributed by atoms with van der Waals surface area (Å²) in [5, 5.41) is 42.2. The third-order valence-electron chi connectivity index (χ3n) is 5.27. The van der Waals surface area contributed by atoms with Gasteiger partial charge in [-0.2, -0.15) is 0 Å². The van der Waals surface area contributed by atoms with Crippen molar-refractivity contribution in [1.29, 1.82) is 0 Å². The van der Waals surface area contributed by atoms with E-state index in [0.717, 1.165) is 38.1 Å². The van der Waals surface area contributed by atoms with Gasteiger partial charge in [0.2, 0.25) is 5.75 Å². The zero-order chi connectivity index (χ0) is 22.6. The van der Waals surface area contributed by atoms with Crippen molar-refractivity contribution in [3.05, 3.63) is 63.7 Å². The maximum Gasteiger partial charge on any atom is 0.312 e. The fourth-order valence-corrected chi connectivity index (χ4v) is 3.64. The van der Waals surface area contributed by atoms with Crippen LogP contribution in [0.5, 0.6) is 11.5 Å². The number of aliphatic hydroxyl groups is 3. The van der Waals surface area contributed by atoms with E-state index < -0.39 is 22.5 Å². The van der Waals surface area contributed by atoms with E-state index in [-0.39, 0.29) is 28.7 Å². The summed E-state index contributed by atoms with van der Waals surface area (Å²) in [5.41, 5.74) is -0.553. The van der Waals surface area contributed by atoms with E-state index in [1.54, 1.807) is 0 Å². The second-order valence-corrected chi connectivity index (χ2v) is 7.34. The van der Waals surface area contributed by atoms with Crippen LogP contribution in [0, 0.1) is 10.1 Å². The van der Waals surface area contributed by atoms with E-state index in [9.17, 15) is 30.2 Å². The van der Waals surface area contributed by atoms with Gasteiger partial charge in [-0.15, -0.1) is 0 Å². The molecule has 1 atom stereocenters. The number of nitro benzene ring substituents is 1. The number of carbonyl (C=O) groups excluding carboxylic acids is 1. The molecule has 31 heavy (non-hydrogen) atoms. The van der Waals surface area contributed by atoms with E-state index in [1.807, 2.05) is 0 Å². The molecule has 1 unspecified atom stereocenters. The van der Waals surface area contributed by atoms with Crippen LogP contribution in [0.4, 0.5) is 5.69 Å². The van der Waals surface area contributed by atoms with Crippen molar-refractivity contribution in [2.75, 3.05) is 19.6 Å². The molecule has 10 heteroatoms. The summed E-state index contributed by atoms with van der Waals surface area (Å²) in [5.74, 6) is -3.57. The molecule has 0 bridgehead atoms. The molecule has 10 nitrogen and oxygen atoms in total. The Morgan fingerprint density at radius 2 is 2.06 bits per heavy atom. The van der Waals surface area contributed by atoms with E-state index >= 15 is 0 Å². The molecule has 1 heterocycles. The normalized spacial score (nSPS) is 16.8. The molecular weight excluding hydrogens is 406 g/mol. The lowest BCUT2D eigenvalue weighted by atomic mass is 10.1. The number of amides is 1. The topological polar surface area (TPSA) is 145 Å². The Hall–Kier alpha value is -3.05. The fourth-order valence-electron chi connectivity index (χ4n) is 3.64. The van der Waals surface area contributed by atoms with Crippen LogP contribution in [0.25, 0.3) is 0 Å². The van der Waals surface area contributed by atoms with Crippen molar-refractivity contribution in [2.24, 2.45) is 0 Å². The molecule has 1 amide bonds. The first-order valence-corrected chi connectivity index (χ1v) is 9.95. The third kappa shape index (κ3) is 5.56. The minimum absolute atomic E-state index is 0.0419. The highest BCUT2D eigenvalue weighted by Crippen LogP contribution is 2.33. The molecule has 2 aromatic carbocycles. The van der Waals surface area contributed by atoms with Gasteiger partial charge in [-0.1, -0.05) is 19.1 Å². The van der Waals surface area contributed by atoms with Gasteiger partial charge in [-0.05, 0) is 50.2 Å². The molecular formula is C21H25N3O7. The predicted molar refractivity (Wildman–Crippen MR) is 111 cm³/mol. The standard InChI is InChI=1S/C21H25N3O7/c1-2-23-10-4-6-16(23)13-22-20(25)14-8-9-19(18(11-14)24(29)30)31-17-7-3-5-15(12-17)21(26,27)28/h3,5,7-9,11-12,16,26-28H,2,4,6,10,13H2,1H3,(H,22,25). The van der Waals surface area contributed by atoms with E-state index in [4.69, 9.17) is 4.74 Å². The number of nitro groups is 1. The van der Waals surface area contributed by atoms with Crippen molar-refractivity contribution in [3.63, 3.8) is 0 Å². The Morgan fingerprint density at radius 1 is 1.29 bits per heavy atom. The van der Waals surface area contributed by atoms with Gasteiger partial charge in [-0.3, -0.25) is 19.8 Å². The molecule has 0 aromatic heterocycles. The van der Waals surface area contributed by atoms with Crippen molar-refractivity contribution in [2.45, 2.75) is 31.8 Å². The van der Waals surface area contributed by atoms with Gasteiger partial charge in [0.25, 0.3) is 5.91 Å².